The maximum Gasteiger partial charge on any atom is 0.0684 e. The van der Waals surface area contributed by atoms with Crippen molar-refractivity contribution in [2.24, 2.45) is 5.41 Å². The molecule has 1 aromatic carbocycles. The fourth-order valence-corrected chi connectivity index (χ4v) is 2.28. The van der Waals surface area contributed by atoms with Gasteiger partial charge in [-0.2, -0.15) is 5.26 Å². The number of nitriles is 1. The number of aryl methyl sites for hydroxylation is 1. The molecule has 20 heavy (non-hydrogen) atoms. The van der Waals surface area contributed by atoms with Gasteiger partial charge < -0.3 is 9.88 Å². The van der Waals surface area contributed by atoms with E-state index in [1.165, 1.54) is 16.5 Å². The number of rotatable bonds is 6. The maximum atomic E-state index is 9.09. The number of aromatic nitrogens is 1. The third-order valence-electron chi connectivity index (χ3n) is 3.69. The van der Waals surface area contributed by atoms with Gasteiger partial charge in [-0.25, -0.2) is 0 Å². The number of benzene rings is 1. The molecule has 0 unspecified atom stereocenters. The highest BCUT2D eigenvalue weighted by atomic mass is 14.9. The molecule has 3 nitrogen and oxygen atoms in total. The van der Waals surface area contributed by atoms with Gasteiger partial charge in [-0.1, -0.05) is 13.0 Å². The molecular weight excluding hydrogens is 246 g/mol. The van der Waals surface area contributed by atoms with E-state index in [0.717, 1.165) is 26.1 Å². The zero-order valence-corrected chi connectivity index (χ0v) is 12.6. The van der Waals surface area contributed by atoms with Gasteiger partial charge in [0, 0.05) is 24.8 Å². The van der Waals surface area contributed by atoms with Gasteiger partial charge in [-0.3, -0.25) is 0 Å². The lowest BCUT2D eigenvalue weighted by molar-refractivity contribution is 0.417. The van der Waals surface area contributed by atoms with Crippen LogP contribution in [0.15, 0.2) is 30.5 Å². The summed E-state index contributed by atoms with van der Waals surface area (Å²) in [5, 5.41) is 13.7. The first-order valence-electron chi connectivity index (χ1n) is 7.25. The van der Waals surface area contributed by atoms with E-state index in [4.69, 9.17) is 5.26 Å². The van der Waals surface area contributed by atoms with Crippen molar-refractivity contribution in [1.29, 1.82) is 5.26 Å². The SMILES string of the molecule is CCNCc1ccc2c(ccn2CCC(C)(C)C#N)c1. The molecule has 2 rings (SSSR count). The Hall–Kier alpha value is -1.79. The van der Waals surface area contributed by atoms with Crippen molar-refractivity contribution >= 4 is 10.9 Å². The third-order valence-corrected chi connectivity index (χ3v) is 3.69. The Labute approximate surface area is 121 Å². The summed E-state index contributed by atoms with van der Waals surface area (Å²) in [6.45, 7) is 8.89. The summed E-state index contributed by atoms with van der Waals surface area (Å²) in [5.41, 5.74) is 2.30. The third kappa shape index (κ3) is 3.40. The molecular formula is C17H23N3. The summed E-state index contributed by atoms with van der Waals surface area (Å²) >= 11 is 0. The summed E-state index contributed by atoms with van der Waals surface area (Å²) in [4.78, 5) is 0. The van der Waals surface area contributed by atoms with E-state index in [1.54, 1.807) is 0 Å². The van der Waals surface area contributed by atoms with Crippen molar-refractivity contribution in [2.45, 2.75) is 40.3 Å². The minimum absolute atomic E-state index is 0.262. The molecule has 0 saturated heterocycles. The molecule has 0 aliphatic rings. The number of hydrogen-bond donors (Lipinski definition) is 1. The van der Waals surface area contributed by atoms with E-state index in [-0.39, 0.29) is 5.41 Å². The molecule has 0 atom stereocenters. The summed E-state index contributed by atoms with van der Waals surface area (Å²) in [7, 11) is 0. The van der Waals surface area contributed by atoms with Crippen LogP contribution in [0.1, 0.15) is 32.8 Å². The first kappa shape index (κ1) is 14.6. The lowest BCUT2D eigenvalue weighted by atomic mass is 9.91. The molecule has 2 aromatic rings. The van der Waals surface area contributed by atoms with Crippen LogP contribution in [0, 0.1) is 16.7 Å². The van der Waals surface area contributed by atoms with Crippen LogP contribution >= 0.6 is 0 Å². The minimum Gasteiger partial charge on any atom is -0.347 e. The molecule has 0 spiro atoms. The summed E-state index contributed by atoms with van der Waals surface area (Å²) in [6, 6.07) is 11.1. The summed E-state index contributed by atoms with van der Waals surface area (Å²) in [6.07, 6.45) is 2.99. The summed E-state index contributed by atoms with van der Waals surface area (Å²) in [5.74, 6) is 0. The average molecular weight is 269 g/mol. The fraction of sp³-hybridized carbons (Fsp3) is 0.471. The van der Waals surface area contributed by atoms with Gasteiger partial charge in [0.25, 0.3) is 0 Å². The molecule has 0 radical (unpaired) electrons. The van der Waals surface area contributed by atoms with Gasteiger partial charge in [0.2, 0.25) is 0 Å². The van der Waals surface area contributed by atoms with E-state index in [9.17, 15) is 0 Å². The molecule has 0 fully saturated rings. The molecule has 0 saturated carbocycles. The Morgan fingerprint density at radius 2 is 2.10 bits per heavy atom. The molecule has 0 amide bonds. The second-order valence-electron chi connectivity index (χ2n) is 5.93. The topological polar surface area (TPSA) is 40.8 Å². The van der Waals surface area contributed by atoms with Crippen LogP contribution in [-0.2, 0) is 13.1 Å². The quantitative estimate of drug-likeness (QED) is 0.869. The van der Waals surface area contributed by atoms with Crippen molar-refractivity contribution in [3.63, 3.8) is 0 Å². The molecule has 0 aliphatic carbocycles. The van der Waals surface area contributed by atoms with Crippen molar-refractivity contribution < 1.29 is 0 Å². The van der Waals surface area contributed by atoms with E-state index in [0.29, 0.717) is 0 Å². The van der Waals surface area contributed by atoms with Crippen molar-refractivity contribution in [2.75, 3.05) is 6.54 Å². The van der Waals surface area contributed by atoms with E-state index >= 15 is 0 Å². The molecule has 1 N–H and O–H groups in total. The first-order valence-corrected chi connectivity index (χ1v) is 7.25. The second-order valence-corrected chi connectivity index (χ2v) is 5.93. The Balaban J connectivity index is 2.14. The van der Waals surface area contributed by atoms with E-state index in [1.807, 2.05) is 13.8 Å². The Morgan fingerprint density at radius 3 is 2.80 bits per heavy atom. The van der Waals surface area contributed by atoms with Crippen molar-refractivity contribution in [1.82, 2.24) is 9.88 Å². The number of hydrogen-bond acceptors (Lipinski definition) is 2. The molecule has 0 bridgehead atoms. The van der Waals surface area contributed by atoms with Crippen molar-refractivity contribution in [3.05, 3.63) is 36.0 Å². The van der Waals surface area contributed by atoms with Crippen LogP contribution in [0.3, 0.4) is 0 Å². The maximum absolute atomic E-state index is 9.09. The predicted octanol–water partition coefficient (Wildman–Crippen LogP) is 3.69. The second kappa shape index (κ2) is 6.11. The Morgan fingerprint density at radius 1 is 1.30 bits per heavy atom. The summed E-state index contributed by atoms with van der Waals surface area (Å²) < 4.78 is 2.24. The predicted molar refractivity (Wildman–Crippen MR) is 83.3 cm³/mol. The van der Waals surface area contributed by atoms with Crippen LogP contribution < -0.4 is 5.32 Å². The minimum atomic E-state index is -0.262. The van der Waals surface area contributed by atoms with E-state index in [2.05, 4.69) is 53.3 Å². The van der Waals surface area contributed by atoms with Crippen LogP contribution in [0.25, 0.3) is 10.9 Å². The highest BCUT2D eigenvalue weighted by Gasteiger charge is 2.16. The van der Waals surface area contributed by atoms with Crippen LogP contribution in [0.5, 0.6) is 0 Å². The zero-order valence-electron chi connectivity index (χ0n) is 12.6. The van der Waals surface area contributed by atoms with E-state index < -0.39 is 0 Å². The van der Waals surface area contributed by atoms with Gasteiger partial charge in [0.05, 0.1) is 11.5 Å². The fourth-order valence-electron chi connectivity index (χ4n) is 2.28. The zero-order chi connectivity index (χ0) is 14.6. The van der Waals surface area contributed by atoms with Gasteiger partial charge in [0.1, 0.15) is 0 Å². The highest BCUT2D eigenvalue weighted by Crippen LogP contribution is 2.23. The standard InChI is InChI=1S/C17H23N3/c1-4-19-12-14-5-6-16-15(11-14)7-9-20(16)10-8-17(2,3)13-18/h5-7,9,11,19H,4,8,10,12H2,1-3H3. The molecule has 3 heteroatoms. The molecule has 1 heterocycles. The first-order chi connectivity index (χ1) is 9.55. The van der Waals surface area contributed by atoms with Gasteiger partial charge in [0.15, 0.2) is 0 Å². The van der Waals surface area contributed by atoms with Gasteiger partial charge in [-0.15, -0.1) is 0 Å². The Bertz CT molecular complexity index is 617. The average Bonchev–Trinajstić information content (AvgIpc) is 2.85. The largest absolute Gasteiger partial charge is 0.347 e. The Kier molecular flexibility index (Phi) is 4.46. The van der Waals surface area contributed by atoms with Gasteiger partial charge in [-0.05, 0) is 56.0 Å². The van der Waals surface area contributed by atoms with Crippen LogP contribution in [0.2, 0.25) is 0 Å². The number of nitrogens with one attached hydrogen (secondary N) is 1. The number of nitrogens with zero attached hydrogens (tertiary/aromatic N) is 2. The van der Waals surface area contributed by atoms with Crippen LogP contribution in [-0.4, -0.2) is 11.1 Å². The van der Waals surface area contributed by atoms with Crippen molar-refractivity contribution in [3.8, 4) is 6.07 Å². The lowest BCUT2D eigenvalue weighted by Gasteiger charge is -2.15. The molecule has 1 aromatic heterocycles. The smallest absolute Gasteiger partial charge is 0.0684 e. The normalized spacial score (nSPS) is 11.7. The molecule has 0 aliphatic heterocycles. The molecule has 106 valence electrons. The van der Waals surface area contributed by atoms with Crippen LogP contribution in [0.4, 0.5) is 0 Å². The monoisotopic (exact) mass is 269 g/mol. The van der Waals surface area contributed by atoms with Gasteiger partial charge >= 0.3 is 0 Å². The number of fused-ring (bicyclic) bond motifs is 1. The highest BCUT2D eigenvalue weighted by molar-refractivity contribution is 5.80. The lowest BCUT2D eigenvalue weighted by Crippen LogP contribution is -2.12.